The molecular formula is C22H30N2O5. The van der Waals surface area contributed by atoms with Crippen LogP contribution in [0.15, 0.2) is 28.7 Å². The van der Waals surface area contributed by atoms with Crippen molar-refractivity contribution in [3.05, 3.63) is 41.3 Å². The van der Waals surface area contributed by atoms with Crippen LogP contribution >= 0.6 is 0 Å². The lowest BCUT2D eigenvalue weighted by molar-refractivity contribution is 0.0357. The van der Waals surface area contributed by atoms with Gasteiger partial charge in [0.1, 0.15) is 17.3 Å². The molecule has 2 aromatic rings. The van der Waals surface area contributed by atoms with Crippen molar-refractivity contribution in [2.45, 2.75) is 26.4 Å². The van der Waals surface area contributed by atoms with Gasteiger partial charge in [-0.25, -0.2) is 0 Å². The van der Waals surface area contributed by atoms with Gasteiger partial charge in [-0.2, -0.15) is 0 Å². The molecule has 7 nitrogen and oxygen atoms in total. The van der Waals surface area contributed by atoms with E-state index in [0.717, 1.165) is 93.2 Å². The van der Waals surface area contributed by atoms with Crippen molar-refractivity contribution >= 4 is 0 Å². The van der Waals surface area contributed by atoms with Gasteiger partial charge in [0.15, 0.2) is 11.5 Å². The Balaban J connectivity index is 1.44. The highest BCUT2D eigenvalue weighted by Crippen LogP contribution is 2.38. The normalized spacial score (nSPS) is 16.5. The highest BCUT2D eigenvalue weighted by Gasteiger charge is 2.20. The smallest absolute Gasteiger partial charge is 0.231 e. The SMILES string of the molecule is COc1cc2c(cc1CN(CCCN1CCOCC1)Cc1ccc(C)o1)OCO2. The lowest BCUT2D eigenvalue weighted by Gasteiger charge is -2.28. The number of fused-ring (bicyclic) bond motifs is 1. The van der Waals surface area contributed by atoms with Crippen molar-refractivity contribution in [3.8, 4) is 17.2 Å². The Labute approximate surface area is 172 Å². The number of methoxy groups -OCH3 is 1. The fourth-order valence-electron chi connectivity index (χ4n) is 3.87. The van der Waals surface area contributed by atoms with Gasteiger partial charge in [-0.1, -0.05) is 0 Å². The molecule has 0 amide bonds. The fraction of sp³-hybridized carbons (Fsp3) is 0.545. The van der Waals surface area contributed by atoms with Crippen LogP contribution in [-0.2, 0) is 17.8 Å². The highest BCUT2D eigenvalue weighted by atomic mass is 16.7. The second-order valence-corrected chi connectivity index (χ2v) is 7.55. The minimum atomic E-state index is 0.261. The molecule has 0 spiro atoms. The average molecular weight is 402 g/mol. The van der Waals surface area contributed by atoms with Gasteiger partial charge in [0.25, 0.3) is 0 Å². The third kappa shape index (κ3) is 5.23. The first-order valence-corrected chi connectivity index (χ1v) is 10.3. The molecule has 3 heterocycles. The van der Waals surface area contributed by atoms with E-state index in [4.69, 9.17) is 23.4 Å². The molecule has 0 N–H and O–H groups in total. The van der Waals surface area contributed by atoms with Crippen LogP contribution in [0.2, 0.25) is 0 Å². The molecule has 1 fully saturated rings. The van der Waals surface area contributed by atoms with Crippen molar-refractivity contribution in [1.82, 2.24) is 9.80 Å². The van der Waals surface area contributed by atoms with E-state index < -0.39 is 0 Å². The van der Waals surface area contributed by atoms with Crippen molar-refractivity contribution in [2.24, 2.45) is 0 Å². The van der Waals surface area contributed by atoms with Gasteiger partial charge in [0, 0.05) is 37.8 Å². The van der Waals surface area contributed by atoms with Gasteiger partial charge >= 0.3 is 0 Å². The Bertz CT molecular complexity index is 800. The fourth-order valence-corrected chi connectivity index (χ4v) is 3.87. The molecule has 2 aliphatic heterocycles. The maximum atomic E-state index is 5.83. The van der Waals surface area contributed by atoms with Crippen LogP contribution in [0.1, 0.15) is 23.5 Å². The first-order chi connectivity index (χ1) is 14.2. The van der Waals surface area contributed by atoms with Crippen LogP contribution in [0, 0.1) is 6.92 Å². The highest BCUT2D eigenvalue weighted by molar-refractivity contribution is 5.51. The molecule has 0 unspecified atom stereocenters. The molecule has 0 saturated carbocycles. The Hall–Kier alpha value is -2.22. The van der Waals surface area contributed by atoms with Crippen molar-refractivity contribution < 1.29 is 23.4 Å². The summed E-state index contributed by atoms with van der Waals surface area (Å²) in [6.45, 7) is 9.51. The largest absolute Gasteiger partial charge is 0.496 e. The van der Waals surface area contributed by atoms with Gasteiger partial charge in [0.2, 0.25) is 6.79 Å². The maximum absolute atomic E-state index is 5.83. The number of morpholine rings is 1. The number of aryl methyl sites for hydroxylation is 1. The molecule has 0 bridgehead atoms. The summed E-state index contributed by atoms with van der Waals surface area (Å²) in [5, 5.41) is 0. The summed E-state index contributed by atoms with van der Waals surface area (Å²) in [6.07, 6.45) is 1.09. The first kappa shape index (κ1) is 20.1. The van der Waals surface area contributed by atoms with Crippen molar-refractivity contribution in [3.63, 3.8) is 0 Å². The van der Waals surface area contributed by atoms with E-state index in [1.165, 1.54) is 0 Å². The average Bonchev–Trinajstić information content (AvgIpc) is 3.36. The molecule has 4 rings (SSSR count). The standard InChI is InChI=1S/C22H30N2O5/c1-17-4-5-19(29-17)15-24(7-3-6-23-8-10-26-11-9-23)14-18-12-21-22(28-16-27-21)13-20(18)25-2/h4-5,12-13H,3,6-11,14-16H2,1-2H3. The van der Waals surface area contributed by atoms with E-state index in [-0.39, 0.29) is 6.79 Å². The second-order valence-electron chi connectivity index (χ2n) is 7.55. The van der Waals surface area contributed by atoms with E-state index in [1.54, 1.807) is 7.11 Å². The summed E-state index contributed by atoms with van der Waals surface area (Å²) in [4.78, 5) is 4.87. The topological polar surface area (TPSA) is 56.5 Å². The molecule has 0 aliphatic carbocycles. The van der Waals surface area contributed by atoms with E-state index >= 15 is 0 Å². The summed E-state index contributed by atoms with van der Waals surface area (Å²) >= 11 is 0. The molecule has 2 aliphatic rings. The number of rotatable bonds is 9. The molecule has 1 aromatic carbocycles. The van der Waals surface area contributed by atoms with Crippen LogP contribution in [0.5, 0.6) is 17.2 Å². The zero-order valence-corrected chi connectivity index (χ0v) is 17.3. The van der Waals surface area contributed by atoms with Gasteiger partial charge in [-0.3, -0.25) is 9.80 Å². The molecule has 29 heavy (non-hydrogen) atoms. The lowest BCUT2D eigenvalue weighted by atomic mass is 10.1. The zero-order valence-electron chi connectivity index (χ0n) is 17.3. The molecule has 1 aromatic heterocycles. The first-order valence-electron chi connectivity index (χ1n) is 10.3. The minimum Gasteiger partial charge on any atom is -0.496 e. The second kappa shape index (κ2) is 9.52. The molecule has 0 atom stereocenters. The Morgan fingerprint density at radius 1 is 1.07 bits per heavy atom. The summed E-state index contributed by atoms with van der Waals surface area (Å²) in [5.41, 5.74) is 1.09. The van der Waals surface area contributed by atoms with Crippen LogP contribution in [-0.4, -0.2) is 63.1 Å². The molecule has 158 valence electrons. The minimum absolute atomic E-state index is 0.261. The molecule has 1 saturated heterocycles. The summed E-state index contributed by atoms with van der Waals surface area (Å²) < 4.78 is 28.0. The Kier molecular flexibility index (Phi) is 6.59. The van der Waals surface area contributed by atoms with E-state index in [9.17, 15) is 0 Å². The lowest BCUT2D eigenvalue weighted by Crippen LogP contribution is -2.38. The van der Waals surface area contributed by atoms with Crippen LogP contribution in [0.4, 0.5) is 0 Å². The van der Waals surface area contributed by atoms with Crippen LogP contribution in [0.25, 0.3) is 0 Å². The number of benzene rings is 1. The molecular weight excluding hydrogens is 372 g/mol. The van der Waals surface area contributed by atoms with Crippen molar-refractivity contribution in [1.29, 1.82) is 0 Å². The maximum Gasteiger partial charge on any atom is 0.231 e. The Morgan fingerprint density at radius 3 is 2.59 bits per heavy atom. The van der Waals surface area contributed by atoms with Crippen LogP contribution in [0.3, 0.4) is 0 Å². The summed E-state index contributed by atoms with van der Waals surface area (Å²) in [5.74, 6) is 4.26. The molecule has 7 heteroatoms. The number of hydrogen-bond acceptors (Lipinski definition) is 7. The van der Waals surface area contributed by atoms with E-state index in [1.807, 2.05) is 25.1 Å². The number of ether oxygens (including phenoxy) is 4. The third-order valence-corrected chi connectivity index (χ3v) is 5.40. The summed E-state index contributed by atoms with van der Waals surface area (Å²) in [6, 6.07) is 8.02. The van der Waals surface area contributed by atoms with E-state index in [2.05, 4.69) is 15.9 Å². The van der Waals surface area contributed by atoms with Gasteiger partial charge in [-0.15, -0.1) is 0 Å². The number of hydrogen-bond donors (Lipinski definition) is 0. The van der Waals surface area contributed by atoms with Gasteiger partial charge < -0.3 is 23.4 Å². The Morgan fingerprint density at radius 2 is 1.86 bits per heavy atom. The van der Waals surface area contributed by atoms with Gasteiger partial charge in [-0.05, 0) is 38.1 Å². The van der Waals surface area contributed by atoms with Gasteiger partial charge in [0.05, 0.1) is 26.9 Å². The van der Waals surface area contributed by atoms with E-state index in [0.29, 0.717) is 0 Å². The molecule has 0 radical (unpaired) electrons. The number of furan rings is 1. The monoisotopic (exact) mass is 402 g/mol. The predicted octanol–water partition coefficient (Wildman–Crippen LogP) is 3.05. The zero-order chi connectivity index (χ0) is 20.1. The van der Waals surface area contributed by atoms with Crippen LogP contribution < -0.4 is 14.2 Å². The quantitative estimate of drug-likeness (QED) is 0.639. The summed E-state index contributed by atoms with van der Waals surface area (Å²) in [7, 11) is 1.69. The third-order valence-electron chi connectivity index (χ3n) is 5.40. The number of nitrogens with zero attached hydrogens (tertiary/aromatic N) is 2. The van der Waals surface area contributed by atoms with Crippen molar-refractivity contribution in [2.75, 3.05) is 53.3 Å². The predicted molar refractivity (Wildman–Crippen MR) is 109 cm³/mol.